The molecule has 1 N–H and O–H groups in total. The Morgan fingerprint density at radius 3 is 2.62 bits per heavy atom. The van der Waals surface area contributed by atoms with E-state index < -0.39 is 0 Å². The summed E-state index contributed by atoms with van der Waals surface area (Å²) in [5.41, 5.74) is 3.11. The van der Waals surface area contributed by atoms with Crippen molar-refractivity contribution in [2.24, 2.45) is 0 Å². The van der Waals surface area contributed by atoms with Crippen molar-refractivity contribution in [3.05, 3.63) is 77.6 Å². The molecule has 2 aliphatic rings. The van der Waals surface area contributed by atoms with Crippen LogP contribution in [0.5, 0.6) is 0 Å². The molecule has 166 valence electrons. The second-order valence-electron chi connectivity index (χ2n) is 8.58. The molecule has 1 atom stereocenters. The summed E-state index contributed by atoms with van der Waals surface area (Å²) >= 11 is 0. The van der Waals surface area contributed by atoms with Gasteiger partial charge in [0.1, 0.15) is 5.76 Å². The Bertz CT molecular complexity index is 1100. The molecule has 0 aliphatic carbocycles. The summed E-state index contributed by atoms with van der Waals surface area (Å²) in [6.45, 7) is 3.93. The molecule has 2 aromatic heterocycles. The van der Waals surface area contributed by atoms with Crippen LogP contribution >= 0.6 is 0 Å². The first-order valence-electron chi connectivity index (χ1n) is 11.1. The van der Waals surface area contributed by atoms with E-state index in [-0.39, 0.29) is 17.9 Å². The van der Waals surface area contributed by atoms with Gasteiger partial charge in [-0.05, 0) is 56.0 Å². The molecular weight excluding hydrogens is 406 g/mol. The summed E-state index contributed by atoms with van der Waals surface area (Å²) in [5, 5.41) is 3.13. The van der Waals surface area contributed by atoms with Crippen molar-refractivity contribution in [2.45, 2.75) is 44.8 Å². The van der Waals surface area contributed by atoms with E-state index in [4.69, 9.17) is 8.83 Å². The molecule has 7 heteroatoms. The highest BCUT2D eigenvalue weighted by molar-refractivity contribution is 5.95. The lowest BCUT2D eigenvalue weighted by molar-refractivity contribution is 0.0667. The number of furan rings is 2. The predicted molar refractivity (Wildman–Crippen MR) is 120 cm³/mol. The number of carbonyl (C=O) groups excluding carboxylic acids is 2. The number of nitrogens with zero attached hydrogens (tertiary/aromatic N) is 2. The molecule has 4 heterocycles. The lowest BCUT2D eigenvalue weighted by Crippen LogP contribution is -2.46. The number of rotatable bonds is 5. The van der Waals surface area contributed by atoms with E-state index in [0.29, 0.717) is 55.6 Å². The molecule has 2 amide bonds. The maximum atomic E-state index is 13.0. The van der Waals surface area contributed by atoms with E-state index in [2.05, 4.69) is 35.3 Å². The number of nitrogens with one attached hydrogen (secondary N) is 1. The van der Waals surface area contributed by atoms with Crippen molar-refractivity contribution in [1.29, 1.82) is 0 Å². The van der Waals surface area contributed by atoms with Crippen LogP contribution < -0.4 is 10.2 Å². The minimum Gasteiger partial charge on any atom is -0.467 e. The topological polar surface area (TPSA) is 78.9 Å². The van der Waals surface area contributed by atoms with Crippen LogP contribution in [0.25, 0.3) is 0 Å². The van der Waals surface area contributed by atoms with E-state index in [1.165, 1.54) is 17.5 Å². The molecule has 32 heavy (non-hydrogen) atoms. The van der Waals surface area contributed by atoms with Crippen molar-refractivity contribution in [3.8, 4) is 0 Å². The number of carbonyl (C=O) groups is 2. The molecule has 0 spiro atoms. The molecule has 3 aromatic rings. The van der Waals surface area contributed by atoms with Crippen molar-refractivity contribution in [3.63, 3.8) is 0 Å². The largest absolute Gasteiger partial charge is 0.467 e. The van der Waals surface area contributed by atoms with Crippen LogP contribution in [0.4, 0.5) is 5.69 Å². The Kier molecular flexibility index (Phi) is 5.47. The highest BCUT2D eigenvalue weighted by Gasteiger charge is 2.30. The highest BCUT2D eigenvalue weighted by Crippen LogP contribution is 2.33. The average Bonchev–Trinajstić information content (AvgIpc) is 3.55. The van der Waals surface area contributed by atoms with Gasteiger partial charge >= 0.3 is 0 Å². The number of benzene rings is 1. The molecular formula is C25H27N3O4. The second kappa shape index (κ2) is 8.57. The van der Waals surface area contributed by atoms with Crippen molar-refractivity contribution in [2.75, 3.05) is 18.0 Å². The Labute approximate surface area is 187 Å². The fraction of sp³-hybridized carbons (Fsp3) is 0.360. The molecule has 0 radical (unpaired) electrons. The molecule has 1 unspecified atom stereocenters. The van der Waals surface area contributed by atoms with Gasteiger partial charge in [-0.25, -0.2) is 0 Å². The first-order chi connectivity index (χ1) is 15.6. The molecule has 5 rings (SSSR count). The number of hydrogen-bond donors (Lipinski definition) is 1. The smallest absolute Gasteiger partial charge is 0.289 e. The summed E-state index contributed by atoms with van der Waals surface area (Å²) in [6, 6.07) is 13.9. The Hall–Kier alpha value is -3.48. The van der Waals surface area contributed by atoms with Crippen LogP contribution in [-0.4, -0.2) is 41.9 Å². The second-order valence-corrected chi connectivity index (χ2v) is 8.58. The van der Waals surface area contributed by atoms with E-state index >= 15 is 0 Å². The average molecular weight is 434 g/mol. The minimum absolute atomic E-state index is 0.0253. The van der Waals surface area contributed by atoms with E-state index in [1.54, 1.807) is 29.4 Å². The molecule has 1 saturated heterocycles. The zero-order chi connectivity index (χ0) is 22.1. The van der Waals surface area contributed by atoms with Gasteiger partial charge in [-0.15, -0.1) is 0 Å². The van der Waals surface area contributed by atoms with Crippen LogP contribution in [0.15, 0.2) is 63.8 Å². The van der Waals surface area contributed by atoms with Gasteiger partial charge in [0.2, 0.25) is 0 Å². The minimum atomic E-state index is -0.121. The number of likely N-dealkylation sites (tertiary alicyclic amines) is 1. The zero-order valence-electron chi connectivity index (χ0n) is 18.1. The summed E-state index contributed by atoms with van der Waals surface area (Å²) in [4.78, 5) is 29.5. The van der Waals surface area contributed by atoms with Gasteiger partial charge in [-0.1, -0.05) is 18.2 Å². The fourth-order valence-corrected chi connectivity index (χ4v) is 4.74. The normalized spacial score (nSPS) is 18.6. The zero-order valence-corrected chi connectivity index (χ0v) is 18.1. The molecule has 1 aromatic carbocycles. The summed E-state index contributed by atoms with van der Waals surface area (Å²) in [7, 11) is 0. The van der Waals surface area contributed by atoms with Gasteiger partial charge in [0, 0.05) is 30.9 Å². The van der Waals surface area contributed by atoms with Crippen molar-refractivity contribution >= 4 is 17.5 Å². The standard InChI is InChI=1S/C25H27N3O4/c1-17-15-18-5-2-3-6-21(18)28(17)16-23-20(10-14-32-23)24(29)26-19-8-11-27(12-9-19)25(30)22-7-4-13-31-22/h2-7,10,13-14,17,19H,8-9,11-12,15-16H2,1H3,(H,26,29). The molecule has 2 aliphatic heterocycles. The van der Waals surface area contributed by atoms with Gasteiger partial charge in [0.15, 0.2) is 5.76 Å². The Balaban J connectivity index is 1.20. The van der Waals surface area contributed by atoms with E-state index in [0.717, 1.165) is 6.42 Å². The monoisotopic (exact) mass is 433 g/mol. The number of amides is 2. The van der Waals surface area contributed by atoms with Crippen molar-refractivity contribution < 1.29 is 18.4 Å². The van der Waals surface area contributed by atoms with Crippen LogP contribution in [0.1, 0.15) is 52.0 Å². The number of piperidine rings is 1. The molecule has 0 bridgehead atoms. The fourth-order valence-electron chi connectivity index (χ4n) is 4.74. The van der Waals surface area contributed by atoms with Gasteiger partial charge < -0.3 is 24.0 Å². The van der Waals surface area contributed by atoms with Gasteiger partial charge in [0.05, 0.1) is 24.6 Å². The van der Waals surface area contributed by atoms with Crippen LogP contribution in [0.2, 0.25) is 0 Å². The van der Waals surface area contributed by atoms with Gasteiger partial charge in [-0.2, -0.15) is 0 Å². The summed E-state index contributed by atoms with van der Waals surface area (Å²) in [6.07, 6.45) is 5.50. The summed E-state index contributed by atoms with van der Waals surface area (Å²) in [5.74, 6) is 0.811. The van der Waals surface area contributed by atoms with E-state index in [9.17, 15) is 9.59 Å². The molecule has 1 fully saturated rings. The third-order valence-electron chi connectivity index (χ3n) is 6.50. The number of fused-ring (bicyclic) bond motifs is 1. The Morgan fingerprint density at radius 2 is 1.84 bits per heavy atom. The lowest BCUT2D eigenvalue weighted by Gasteiger charge is -2.32. The maximum Gasteiger partial charge on any atom is 0.289 e. The third kappa shape index (κ3) is 3.90. The first-order valence-corrected chi connectivity index (χ1v) is 11.1. The highest BCUT2D eigenvalue weighted by atomic mass is 16.3. The molecule has 0 saturated carbocycles. The number of anilines is 1. The van der Waals surface area contributed by atoms with Crippen LogP contribution in [0, 0.1) is 0 Å². The predicted octanol–water partition coefficient (Wildman–Crippen LogP) is 3.86. The third-order valence-corrected chi connectivity index (χ3v) is 6.50. The maximum absolute atomic E-state index is 13.0. The van der Waals surface area contributed by atoms with Gasteiger partial charge in [0.25, 0.3) is 11.8 Å². The van der Waals surface area contributed by atoms with Crippen molar-refractivity contribution in [1.82, 2.24) is 10.2 Å². The summed E-state index contributed by atoms with van der Waals surface area (Å²) < 4.78 is 10.9. The molecule has 7 nitrogen and oxygen atoms in total. The quantitative estimate of drug-likeness (QED) is 0.661. The van der Waals surface area contributed by atoms with E-state index in [1.807, 2.05) is 6.07 Å². The van der Waals surface area contributed by atoms with Crippen LogP contribution in [0.3, 0.4) is 0 Å². The SMILES string of the molecule is CC1Cc2ccccc2N1Cc1occc1C(=O)NC1CCN(C(=O)c2ccco2)CC1. The number of hydrogen-bond acceptors (Lipinski definition) is 5. The van der Waals surface area contributed by atoms with Gasteiger partial charge in [-0.3, -0.25) is 9.59 Å². The Morgan fingerprint density at radius 1 is 1.03 bits per heavy atom. The van der Waals surface area contributed by atoms with Crippen LogP contribution in [-0.2, 0) is 13.0 Å². The lowest BCUT2D eigenvalue weighted by atomic mass is 10.0. The number of para-hydroxylation sites is 1. The first kappa shape index (κ1) is 20.4.